The zero-order valence-electron chi connectivity index (χ0n) is 14.3. The van der Waals surface area contributed by atoms with E-state index < -0.39 is 10.1 Å². The van der Waals surface area contributed by atoms with Crippen LogP contribution in [0.5, 0.6) is 5.75 Å². The summed E-state index contributed by atoms with van der Waals surface area (Å²) >= 11 is 11.8. The van der Waals surface area contributed by atoms with Crippen LogP contribution in [0.15, 0.2) is 76.6 Å². The summed E-state index contributed by atoms with van der Waals surface area (Å²) in [6, 6.07) is 17.9. The van der Waals surface area contributed by atoms with E-state index in [2.05, 4.69) is 4.99 Å². The first kappa shape index (κ1) is 19.4. The van der Waals surface area contributed by atoms with E-state index in [1.54, 1.807) is 42.6 Å². The van der Waals surface area contributed by atoms with E-state index >= 15 is 0 Å². The van der Waals surface area contributed by atoms with Crippen molar-refractivity contribution in [3.8, 4) is 5.75 Å². The lowest BCUT2D eigenvalue weighted by Gasteiger charge is -2.09. The summed E-state index contributed by atoms with van der Waals surface area (Å²) in [4.78, 5) is 4.43. The maximum absolute atomic E-state index is 12.5. The molecule has 0 atom stereocenters. The highest BCUT2D eigenvalue weighted by atomic mass is 35.5. The summed E-state index contributed by atoms with van der Waals surface area (Å²) in [5, 5.41) is 1.01. The van der Waals surface area contributed by atoms with E-state index in [0.717, 1.165) is 5.56 Å². The number of rotatable bonds is 5. The predicted octanol–water partition coefficient (Wildman–Crippen LogP) is 5.82. The molecule has 0 radical (unpaired) electrons. The largest absolute Gasteiger partial charge is 0.378 e. The third kappa shape index (κ3) is 4.89. The molecule has 0 aliphatic rings. The Morgan fingerprint density at radius 3 is 2.33 bits per heavy atom. The first-order valence-corrected chi connectivity index (χ1v) is 10.1. The molecule has 0 spiro atoms. The minimum Gasteiger partial charge on any atom is -0.378 e. The van der Waals surface area contributed by atoms with E-state index in [4.69, 9.17) is 27.4 Å². The number of aryl methyl sites for hydroxylation is 1. The molecule has 0 amide bonds. The van der Waals surface area contributed by atoms with E-state index in [1.807, 2.05) is 13.0 Å². The molecule has 0 saturated heterocycles. The Labute approximate surface area is 168 Å². The molecule has 0 aliphatic carbocycles. The van der Waals surface area contributed by atoms with Crippen LogP contribution in [-0.4, -0.2) is 14.6 Å². The number of benzene rings is 3. The van der Waals surface area contributed by atoms with Gasteiger partial charge in [0, 0.05) is 21.8 Å². The third-order valence-electron chi connectivity index (χ3n) is 3.73. The van der Waals surface area contributed by atoms with Gasteiger partial charge in [-0.2, -0.15) is 8.42 Å². The number of hydrogen-bond donors (Lipinski definition) is 0. The monoisotopic (exact) mass is 419 g/mol. The molecule has 0 aromatic heterocycles. The van der Waals surface area contributed by atoms with Gasteiger partial charge in [0.25, 0.3) is 0 Å². The lowest BCUT2D eigenvalue weighted by molar-refractivity contribution is 0.485. The van der Waals surface area contributed by atoms with Gasteiger partial charge in [-0.05, 0) is 61.0 Å². The number of para-hydroxylation sites is 1. The smallest absolute Gasteiger partial charge is 0.339 e. The maximum atomic E-state index is 12.5. The van der Waals surface area contributed by atoms with Crippen molar-refractivity contribution in [1.29, 1.82) is 0 Å². The first-order chi connectivity index (χ1) is 12.8. The van der Waals surface area contributed by atoms with Gasteiger partial charge >= 0.3 is 10.1 Å². The molecule has 138 valence electrons. The molecule has 3 rings (SSSR count). The van der Waals surface area contributed by atoms with Gasteiger partial charge < -0.3 is 4.18 Å². The summed E-state index contributed by atoms with van der Waals surface area (Å²) in [5.74, 6) is 0.177. The molecule has 0 saturated carbocycles. The van der Waals surface area contributed by atoms with Crippen LogP contribution in [0.3, 0.4) is 0 Å². The van der Waals surface area contributed by atoms with Crippen molar-refractivity contribution in [3.63, 3.8) is 0 Å². The van der Waals surface area contributed by atoms with Crippen LogP contribution in [0.4, 0.5) is 5.69 Å². The molecule has 27 heavy (non-hydrogen) atoms. The van der Waals surface area contributed by atoms with Crippen LogP contribution >= 0.6 is 23.2 Å². The summed E-state index contributed by atoms with van der Waals surface area (Å²) < 4.78 is 30.3. The van der Waals surface area contributed by atoms with Crippen molar-refractivity contribution in [2.24, 2.45) is 4.99 Å². The average Bonchev–Trinajstić information content (AvgIpc) is 2.63. The van der Waals surface area contributed by atoms with E-state index in [-0.39, 0.29) is 10.6 Å². The molecule has 0 bridgehead atoms. The molecule has 0 heterocycles. The molecular weight excluding hydrogens is 405 g/mol. The normalized spacial score (nSPS) is 11.7. The first-order valence-electron chi connectivity index (χ1n) is 7.94. The Morgan fingerprint density at radius 2 is 1.59 bits per heavy atom. The van der Waals surface area contributed by atoms with Crippen LogP contribution < -0.4 is 4.18 Å². The Morgan fingerprint density at radius 1 is 0.926 bits per heavy atom. The fourth-order valence-corrected chi connectivity index (χ4v) is 3.54. The standard InChI is InChI=1S/C20H15Cl2NO3S/c1-14-6-7-17(22)12-19(14)23-13-15-4-2-3-5-20(15)26-27(24,25)18-10-8-16(21)9-11-18/h2-13H,1H3. The molecule has 7 heteroatoms. The van der Waals surface area contributed by atoms with E-state index in [0.29, 0.717) is 21.3 Å². The van der Waals surface area contributed by atoms with Gasteiger partial charge in [-0.1, -0.05) is 41.4 Å². The number of halogens is 2. The zero-order valence-corrected chi connectivity index (χ0v) is 16.6. The minimum atomic E-state index is -3.99. The van der Waals surface area contributed by atoms with Gasteiger partial charge in [0.2, 0.25) is 0 Å². The average molecular weight is 420 g/mol. The highest BCUT2D eigenvalue weighted by Crippen LogP contribution is 2.26. The van der Waals surface area contributed by atoms with Crippen LogP contribution in [-0.2, 0) is 10.1 Å². The summed E-state index contributed by atoms with van der Waals surface area (Å²) in [6.07, 6.45) is 1.55. The van der Waals surface area contributed by atoms with Gasteiger partial charge in [-0.3, -0.25) is 4.99 Å². The number of nitrogens with zero attached hydrogens (tertiary/aromatic N) is 1. The molecule has 4 nitrogen and oxygen atoms in total. The molecule has 0 N–H and O–H groups in total. The maximum Gasteiger partial charge on any atom is 0.339 e. The van der Waals surface area contributed by atoms with Crippen LogP contribution in [0.2, 0.25) is 10.0 Å². The molecule has 0 unspecified atom stereocenters. The van der Waals surface area contributed by atoms with E-state index in [1.165, 1.54) is 24.3 Å². The lowest BCUT2D eigenvalue weighted by Crippen LogP contribution is -2.10. The van der Waals surface area contributed by atoms with Gasteiger partial charge in [0.1, 0.15) is 4.90 Å². The Balaban J connectivity index is 1.91. The minimum absolute atomic E-state index is 0.0179. The second-order valence-electron chi connectivity index (χ2n) is 5.72. The van der Waals surface area contributed by atoms with Crippen molar-refractivity contribution >= 4 is 45.2 Å². The van der Waals surface area contributed by atoms with Crippen molar-refractivity contribution in [1.82, 2.24) is 0 Å². The highest BCUT2D eigenvalue weighted by molar-refractivity contribution is 7.87. The molecule has 0 aliphatic heterocycles. The van der Waals surface area contributed by atoms with Gasteiger partial charge in [0.15, 0.2) is 5.75 Å². The Hall–Kier alpha value is -2.34. The van der Waals surface area contributed by atoms with E-state index in [9.17, 15) is 8.42 Å². The van der Waals surface area contributed by atoms with Crippen molar-refractivity contribution < 1.29 is 12.6 Å². The molecule has 0 fully saturated rings. The van der Waals surface area contributed by atoms with Crippen molar-refractivity contribution in [3.05, 3.63) is 87.9 Å². The van der Waals surface area contributed by atoms with Crippen LogP contribution in [0.25, 0.3) is 0 Å². The number of hydrogen-bond acceptors (Lipinski definition) is 4. The second kappa shape index (κ2) is 8.13. The predicted molar refractivity (Wildman–Crippen MR) is 109 cm³/mol. The molecular formula is C20H15Cl2NO3S. The third-order valence-corrected chi connectivity index (χ3v) is 5.47. The zero-order chi connectivity index (χ0) is 19.4. The second-order valence-corrected chi connectivity index (χ2v) is 8.14. The Bertz CT molecular complexity index is 1090. The van der Waals surface area contributed by atoms with Gasteiger partial charge in [-0.25, -0.2) is 0 Å². The fourth-order valence-electron chi connectivity index (χ4n) is 2.29. The summed E-state index contributed by atoms with van der Waals surface area (Å²) in [6.45, 7) is 1.91. The Kier molecular flexibility index (Phi) is 5.85. The van der Waals surface area contributed by atoms with Gasteiger partial charge in [-0.15, -0.1) is 0 Å². The number of aliphatic imine (C=N–C) groups is 1. The van der Waals surface area contributed by atoms with Crippen LogP contribution in [0.1, 0.15) is 11.1 Å². The summed E-state index contributed by atoms with van der Waals surface area (Å²) in [7, 11) is -3.99. The quantitative estimate of drug-likeness (QED) is 0.386. The molecule has 3 aromatic carbocycles. The summed E-state index contributed by atoms with van der Waals surface area (Å²) in [5.41, 5.74) is 2.16. The topological polar surface area (TPSA) is 55.7 Å². The van der Waals surface area contributed by atoms with Crippen molar-refractivity contribution in [2.45, 2.75) is 11.8 Å². The lowest BCUT2D eigenvalue weighted by atomic mass is 10.2. The van der Waals surface area contributed by atoms with Gasteiger partial charge in [0.05, 0.1) is 5.69 Å². The fraction of sp³-hybridized carbons (Fsp3) is 0.0500. The van der Waals surface area contributed by atoms with Crippen LogP contribution in [0, 0.1) is 6.92 Å². The van der Waals surface area contributed by atoms with Crippen molar-refractivity contribution in [2.75, 3.05) is 0 Å². The molecule has 3 aromatic rings. The highest BCUT2D eigenvalue weighted by Gasteiger charge is 2.18. The SMILES string of the molecule is Cc1ccc(Cl)cc1N=Cc1ccccc1OS(=O)(=O)c1ccc(Cl)cc1.